The first kappa shape index (κ1) is 27.6. The van der Waals surface area contributed by atoms with Crippen molar-refractivity contribution in [1.82, 2.24) is 9.78 Å². The largest absolute Gasteiger partial charge is 0.454 e. The second-order valence-corrected chi connectivity index (χ2v) is 11.3. The lowest BCUT2D eigenvalue weighted by atomic mass is 9.89. The Labute approximate surface area is 237 Å². The van der Waals surface area contributed by atoms with Gasteiger partial charge in [-0.25, -0.2) is 9.07 Å². The molecular formula is C28H36ClFN4O6. The average Bonchev–Trinajstić information content (AvgIpc) is 3.45. The summed E-state index contributed by atoms with van der Waals surface area (Å²) in [6.45, 7) is 4.33. The van der Waals surface area contributed by atoms with Gasteiger partial charge in [0.2, 0.25) is 6.79 Å². The summed E-state index contributed by atoms with van der Waals surface area (Å²) in [6, 6.07) is 3.06. The number of nitrogens with zero attached hydrogens (tertiary/aromatic N) is 3. The number of aromatic nitrogens is 2. The number of anilines is 2. The van der Waals surface area contributed by atoms with Crippen LogP contribution < -0.4 is 25.2 Å². The van der Waals surface area contributed by atoms with Gasteiger partial charge < -0.3 is 33.9 Å². The van der Waals surface area contributed by atoms with Crippen LogP contribution in [-0.2, 0) is 14.2 Å². The zero-order chi connectivity index (χ0) is 27.5. The molecule has 4 heterocycles. The third-order valence-corrected chi connectivity index (χ3v) is 8.63. The molecule has 3 aliphatic heterocycles. The van der Waals surface area contributed by atoms with Gasteiger partial charge in [0.1, 0.15) is 10.8 Å². The molecule has 1 aromatic carbocycles. The van der Waals surface area contributed by atoms with Crippen molar-refractivity contribution in [2.45, 2.75) is 56.7 Å². The maximum atomic E-state index is 15.3. The van der Waals surface area contributed by atoms with Crippen molar-refractivity contribution in [2.75, 3.05) is 63.1 Å². The lowest BCUT2D eigenvalue weighted by molar-refractivity contribution is -0.0847. The summed E-state index contributed by atoms with van der Waals surface area (Å²) in [6.07, 6.45) is 6.54. The molecule has 0 amide bonds. The zero-order valence-electron chi connectivity index (χ0n) is 22.5. The fraction of sp³-hybridized carbons (Fsp3) is 0.643. The smallest absolute Gasteiger partial charge is 0.287 e. The van der Waals surface area contributed by atoms with Crippen LogP contribution in [0.4, 0.5) is 15.8 Å². The normalized spacial score (nSPS) is 26.4. The molecule has 3 fully saturated rings. The molecule has 0 bridgehead atoms. The Balaban J connectivity index is 1.14. The summed E-state index contributed by atoms with van der Waals surface area (Å²) < 4.78 is 44.8. The molecule has 6 rings (SSSR count). The quantitative estimate of drug-likeness (QED) is 0.498. The Morgan fingerprint density at radius 2 is 1.85 bits per heavy atom. The SMILES string of the molecule is O=c1c(Cl)c(NC[C@H]2CCCOC2)cnn1[C@H]1CC[C@H](N(C[C@H]2COCCO2)c2cc3c(cc2F)OCO3)CC1. The molecule has 12 heteroatoms. The van der Waals surface area contributed by atoms with Gasteiger partial charge in [0.25, 0.3) is 5.56 Å². The van der Waals surface area contributed by atoms with Crippen LogP contribution in [0.1, 0.15) is 44.6 Å². The first-order valence-corrected chi connectivity index (χ1v) is 14.6. The van der Waals surface area contributed by atoms with E-state index < -0.39 is 0 Å². The van der Waals surface area contributed by atoms with E-state index in [1.54, 1.807) is 12.3 Å². The molecule has 2 saturated heterocycles. The highest BCUT2D eigenvalue weighted by Crippen LogP contribution is 2.40. The molecule has 0 unspecified atom stereocenters. The molecule has 0 radical (unpaired) electrons. The molecular weight excluding hydrogens is 543 g/mol. The van der Waals surface area contributed by atoms with Crippen molar-refractivity contribution in [3.8, 4) is 11.5 Å². The van der Waals surface area contributed by atoms with E-state index in [1.807, 2.05) is 0 Å². The fourth-order valence-electron chi connectivity index (χ4n) is 6.10. The molecule has 1 aliphatic carbocycles. The van der Waals surface area contributed by atoms with Crippen LogP contribution in [0.15, 0.2) is 23.1 Å². The topological polar surface area (TPSA) is 96.3 Å². The van der Waals surface area contributed by atoms with Gasteiger partial charge in [-0.2, -0.15) is 5.10 Å². The minimum Gasteiger partial charge on any atom is -0.454 e. The number of nitrogens with one attached hydrogen (secondary N) is 1. The molecule has 0 spiro atoms. The van der Waals surface area contributed by atoms with E-state index in [9.17, 15) is 4.79 Å². The van der Waals surface area contributed by atoms with Crippen LogP contribution in [0.3, 0.4) is 0 Å². The van der Waals surface area contributed by atoms with Crippen LogP contribution in [0.5, 0.6) is 11.5 Å². The van der Waals surface area contributed by atoms with Crippen molar-refractivity contribution < 1.29 is 28.1 Å². The Morgan fingerprint density at radius 1 is 1.05 bits per heavy atom. The predicted octanol–water partition coefficient (Wildman–Crippen LogP) is 4.01. The average molecular weight is 579 g/mol. The van der Waals surface area contributed by atoms with E-state index >= 15 is 4.39 Å². The van der Waals surface area contributed by atoms with Gasteiger partial charge >= 0.3 is 0 Å². The first-order valence-electron chi connectivity index (χ1n) is 14.2. The highest BCUT2D eigenvalue weighted by Gasteiger charge is 2.33. The van der Waals surface area contributed by atoms with Gasteiger partial charge in [0.15, 0.2) is 11.5 Å². The molecule has 40 heavy (non-hydrogen) atoms. The Kier molecular flexibility index (Phi) is 8.62. The molecule has 10 nitrogen and oxygen atoms in total. The van der Waals surface area contributed by atoms with Crippen molar-refractivity contribution in [2.24, 2.45) is 5.92 Å². The maximum absolute atomic E-state index is 15.3. The van der Waals surface area contributed by atoms with Gasteiger partial charge in [-0.1, -0.05) is 11.6 Å². The molecule has 218 valence electrons. The fourth-order valence-corrected chi connectivity index (χ4v) is 6.30. The van der Waals surface area contributed by atoms with E-state index in [-0.39, 0.29) is 41.4 Å². The number of ether oxygens (including phenoxy) is 5. The van der Waals surface area contributed by atoms with Crippen molar-refractivity contribution in [3.05, 3.63) is 39.5 Å². The van der Waals surface area contributed by atoms with Crippen molar-refractivity contribution >= 4 is 23.0 Å². The lowest BCUT2D eigenvalue weighted by Gasteiger charge is -2.40. The Morgan fingerprint density at radius 3 is 2.60 bits per heavy atom. The van der Waals surface area contributed by atoms with Crippen LogP contribution in [0.25, 0.3) is 0 Å². The van der Waals surface area contributed by atoms with E-state index in [1.165, 1.54) is 10.7 Å². The Bertz CT molecular complexity index is 1230. The zero-order valence-corrected chi connectivity index (χ0v) is 23.2. The van der Waals surface area contributed by atoms with Crippen LogP contribution in [-0.4, -0.2) is 74.8 Å². The van der Waals surface area contributed by atoms with E-state index in [0.29, 0.717) is 81.2 Å². The summed E-state index contributed by atoms with van der Waals surface area (Å²) in [5.74, 6) is 0.974. The van der Waals surface area contributed by atoms with Crippen molar-refractivity contribution in [1.29, 1.82) is 0 Å². The van der Waals surface area contributed by atoms with Gasteiger partial charge in [-0.3, -0.25) is 4.79 Å². The van der Waals surface area contributed by atoms with Crippen LogP contribution >= 0.6 is 11.6 Å². The number of benzene rings is 1. The minimum atomic E-state index is -0.365. The highest BCUT2D eigenvalue weighted by atomic mass is 35.5. The number of hydrogen-bond acceptors (Lipinski definition) is 9. The van der Waals surface area contributed by atoms with Gasteiger partial charge in [-0.15, -0.1) is 0 Å². The van der Waals surface area contributed by atoms with Gasteiger partial charge in [0, 0.05) is 37.9 Å². The van der Waals surface area contributed by atoms with Crippen LogP contribution in [0.2, 0.25) is 5.02 Å². The van der Waals surface area contributed by atoms with Gasteiger partial charge in [0.05, 0.1) is 56.1 Å². The summed E-state index contributed by atoms with van der Waals surface area (Å²) >= 11 is 6.50. The third-order valence-electron chi connectivity index (χ3n) is 8.27. The predicted molar refractivity (Wildman–Crippen MR) is 147 cm³/mol. The highest BCUT2D eigenvalue weighted by molar-refractivity contribution is 6.32. The molecule has 4 aliphatic rings. The second-order valence-electron chi connectivity index (χ2n) is 10.9. The van der Waals surface area contributed by atoms with Crippen LogP contribution in [0, 0.1) is 11.7 Å². The summed E-state index contributed by atoms with van der Waals surface area (Å²) in [5, 5.41) is 7.93. The Hall–Kier alpha value is -2.60. The van der Waals surface area contributed by atoms with E-state index in [0.717, 1.165) is 32.3 Å². The third kappa shape index (κ3) is 6.02. The van der Waals surface area contributed by atoms with E-state index in [2.05, 4.69) is 15.3 Å². The summed E-state index contributed by atoms with van der Waals surface area (Å²) in [4.78, 5) is 15.2. The number of rotatable bonds is 8. The number of hydrogen-bond donors (Lipinski definition) is 1. The molecule has 1 N–H and O–H groups in total. The summed E-state index contributed by atoms with van der Waals surface area (Å²) in [7, 11) is 0. The standard InChI is InChI=1S/C28H36ClFN4O6/c29-27-23(31-12-18-2-1-7-36-15-18)13-32-34(28(27)35)20-5-3-19(4-6-20)33(14-21-16-37-8-9-38-21)24-11-26-25(10-22(24)30)39-17-40-26/h10-11,13,18-21,31H,1-9,12,14-17H2/t18-,19-,20-,21+/m1/s1. The van der Waals surface area contributed by atoms with Crippen molar-refractivity contribution in [3.63, 3.8) is 0 Å². The minimum absolute atomic E-state index is 0.0430. The summed E-state index contributed by atoms with van der Waals surface area (Å²) in [5.41, 5.74) is 0.724. The van der Waals surface area contributed by atoms with E-state index in [4.69, 9.17) is 35.3 Å². The van der Waals surface area contributed by atoms with Gasteiger partial charge in [-0.05, 0) is 44.4 Å². The molecule has 2 atom stereocenters. The lowest BCUT2D eigenvalue weighted by Crippen LogP contribution is -2.47. The monoisotopic (exact) mass is 578 g/mol. The molecule has 1 aromatic heterocycles. The maximum Gasteiger partial charge on any atom is 0.287 e. The first-order chi connectivity index (χ1) is 19.6. The second kappa shape index (κ2) is 12.5. The molecule has 1 saturated carbocycles. The number of halogens is 2. The molecule has 2 aromatic rings. The number of fused-ring (bicyclic) bond motifs is 1.